The number of ether oxygens (including phenoxy) is 1. The molecule has 2 rings (SSSR count). The number of carbonyl (C=O) groups excluding carboxylic acids is 1. The number of aromatic nitrogens is 2. The van der Waals surface area contributed by atoms with Crippen LogP contribution in [0.2, 0.25) is 0 Å². The van der Waals surface area contributed by atoms with Crippen LogP contribution in [-0.4, -0.2) is 22.3 Å². The van der Waals surface area contributed by atoms with Gasteiger partial charge in [-0.3, -0.25) is 9.48 Å². The van der Waals surface area contributed by atoms with Crippen LogP contribution in [0.25, 0.3) is 10.9 Å². The van der Waals surface area contributed by atoms with E-state index in [2.05, 4.69) is 10.4 Å². The second-order valence-electron chi connectivity index (χ2n) is 5.10. The third kappa shape index (κ3) is 3.17. The molecular weight excluding hydrogens is 266 g/mol. The van der Waals surface area contributed by atoms with Gasteiger partial charge in [0.15, 0.2) is 0 Å². The summed E-state index contributed by atoms with van der Waals surface area (Å²) in [7, 11) is 1.88. The highest BCUT2D eigenvalue weighted by Gasteiger charge is 2.15. The molecule has 0 aliphatic rings. The van der Waals surface area contributed by atoms with Crippen molar-refractivity contribution >= 4 is 22.5 Å². The summed E-state index contributed by atoms with van der Waals surface area (Å²) in [6.45, 7) is 6.56. The molecule has 0 bridgehead atoms. The number of hydrogen-bond donors (Lipinski definition) is 1. The maximum atomic E-state index is 12.2. The molecule has 114 valence electrons. The van der Waals surface area contributed by atoms with E-state index in [0.717, 1.165) is 29.4 Å². The molecule has 2 aromatic rings. The minimum Gasteiger partial charge on any atom is -0.476 e. The Hall–Kier alpha value is -2.04. The van der Waals surface area contributed by atoms with Gasteiger partial charge in [-0.1, -0.05) is 13.8 Å². The first-order valence-electron chi connectivity index (χ1n) is 7.51. The zero-order chi connectivity index (χ0) is 15.4. The second-order valence-corrected chi connectivity index (χ2v) is 5.10. The topological polar surface area (TPSA) is 56.1 Å². The highest BCUT2D eigenvalue weighted by Crippen LogP contribution is 2.27. The van der Waals surface area contributed by atoms with Crippen molar-refractivity contribution in [3.05, 3.63) is 18.2 Å². The molecule has 1 aromatic heterocycles. The highest BCUT2D eigenvalue weighted by molar-refractivity contribution is 5.96. The van der Waals surface area contributed by atoms with Gasteiger partial charge >= 0.3 is 0 Å². The number of amides is 1. The van der Waals surface area contributed by atoms with Gasteiger partial charge in [-0.2, -0.15) is 0 Å². The molecule has 0 radical (unpaired) electrons. The summed E-state index contributed by atoms with van der Waals surface area (Å²) in [5, 5.41) is 8.25. The SMILES string of the molecule is CCOc1nn(C)c2ccc(NC(=O)C(CC)CC)cc12. The molecule has 5 heteroatoms. The van der Waals surface area contributed by atoms with E-state index < -0.39 is 0 Å². The number of hydrogen-bond acceptors (Lipinski definition) is 3. The van der Waals surface area contributed by atoms with Crippen molar-refractivity contribution in [2.45, 2.75) is 33.6 Å². The number of fused-ring (bicyclic) bond motifs is 1. The summed E-state index contributed by atoms with van der Waals surface area (Å²) >= 11 is 0. The van der Waals surface area contributed by atoms with E-state index in [1.165, 1.54) is 0 Å². The van der Waals surface area contributed by atoms with Gasteiger partial charge < -0.3 is 10.1 Å². The first kappa shape index (κ1) is 15.4. The van der Waals surface area contributed by atoms with E-state index in [0.29, 0.717) is 12.5 Å². The quantitative estimate of drug-likeness (QED) is 0.887. The summed E-state index contributed by atoms with van der Waals surface area (Å²) in [5.74, 6) is 0.732. The summed E-state index contributed by atoms with van der Waals surface area (Å²) < 4.78 is 7.33. The third-order valence-corrected chi connectivity index (χ3v) is 3.72. The van der Waals surface area contributed by atoms with Gasteiger partial charge in [-0.05, 0) is 38.0 Å². The van der Waals surface area contributed by atoms with Crippen LogP contribution in [0.1, 0.15) is 33.6 Å². The Labute approximate surface area is 125 Å². The summed E-state index contributed by atoms with van der Waals surface area (Å²) in [5.41, 5.74) is 1.77. The predicted octanol–water partition coefficient (Wildman–Crippen LogP) is 3.35. The van der Waals surface area contributed by atoms with Gasteiger partial charge in [-0.15, -0.1) is 5.10 Å². The van der Waals surface area contributed by atoms with Gasteiger partial charge in [0.2, 0.25) is 11.8 Å². The van der Waals surface area contributed by atoms with Crippen molar-refractivity contribution in [1.82, 2.24) is 9.78 Å². The highest BCUT2D eigenvalue weighted by atomic mass is 16.5. The molecule has 21 heavy (non-hydrogen) atoms. The molecule has 0 unspecified atom stereocenters. The van der Waals surface area contributed by atoms with E-state index in [1.807, 2.05) is 46.0 Å². The van der Waals surface area contributed by atoms with Gasteiger partial charge in [0.25, 0.3) is 0 Å². The predicted molar refractivity (Wildman–Crippen MR) is 84.6 cm³/mol. The number of benzene rings is 1. The Kier molecular flexibility index (Phi) is 4.83. The molecule has 1 heterocycles. The number of aryl methyl sites for hydroxylation is 1. The minimum atomic E-state index is 0.0564. The fourth-order valence-corrected chi connectivity index (χ4v) is 2.46. The molecule has 0 saturated carbocycles. The molecule has 5 nitrogen and oxygen atoms in total. The lowest BCUT2D eigenvalue weighted by molar-refractivity contribution is -0.120. The van der Waals surface area contributed by atoms with Crippen molar-refractivity contribution in [2.75, 3.05) is 11.9 Å². The molecule has 0 aliphatic heterocycles. The first-order chi connectivity index (χ1) is 10.1. The van der Waals surface area contributed by atoms with Crippen LogP contribution < -0.4 is 10.1 Å². The molecule has 0 spiro atoms. The molecule has 1 aromatic carbocycles. The Morgan fingerprint density at radius 2 is 2.05 bits per heavy atom. The first-order valence-corrected chi connectivity index (χ1v) is 7.51. The van der Waals surface area contributed by atoms with Crippen LogP contribution in [-0.2, 0) is 11.8 Å². The maximum Gasteiger partial charge on any atom is 0.240 e. The van der Waals surface area contributed by atoms with E-state index >= 15 is 0 Å². The fraction of sp³-hybridized carbons (Fsp3) is 0.500. The Morgan fingerprint density at radius 3 is 2.67 bits per heavy atom. The van der Waals surface area contributed by atoms with E-state index in [1.54, 1.807) is 4.68 Å². The Bertz CT molecular complexity index is 630. The zero-order valence-corrected chi connectivity index (χ0v) is 13.1. The van der Waals surface area contributed by atoms with Crippen LogP contribution in [0.15, 0.2) is 18.2 Å². The lowest BCUT2D eigenvalue weighted by Crippen LogP contribution is -2.21. The lowest BCUT2D eigenvalue weighted by atomic mass is 10.0. The smallest absolute Gasteiger partial charge is 0.240 e. The van der Waals surface area contributed by atoms with E-state index in [-0.39, 0.29) is 11.8 Å². The van der Waals surface area contributed by atoms with Crippen molar-refractivity contribution < 1.29 is 9.53 Å². The number of nitrogens with zero attached hydrogens (tertiary/aromatic N) is 2. The summed E-state index contributed by atoms with van der Waals surface area (Å²) in [6, 6.07) is 5.78. The van der Waals surface area contributed by atoms with Crippen molar-refractivity contribution in [1.29, 1.82) is 0 Å². The Balaban J connectivity index is 2.29. The van der Waals surface area contributed by atoms with Crippen LogP contribution in [0, 0.1) is 5.92 Å². The van der Waals surface area contributed by atoms with Gasteiger partial charge in [-0.25, -0.2) is 0 Å². The van der Waals surface area contributed by atoms with Crippen molar-refractivity contribution in [3.8, 4) is 5.88 Å². The number of rotatable bonds is 6. The number of anilines is 1. The van der Waals surface area contributed by atoms with Crippen molar-refractivity contribution in [3.63, 3.8) is 0 Å². The van der Waals surface area contributed by atoms with Crippen LogP contribution in [0.5, 0.6) is 5.88 Å². The number of carbonyl (C=O) groups is 1. The normalized spacial score (nSPS) is 11.1. The molecule has 0 atom stereocenters. The molecule has 1 amide bonds. The van der Waals surface area contributed by atoms with Gasteiger partial charge in [0.05, 0.1) is 17.5 Å². The molecule has 0 saturated heterocycles. The zero-order valence-electron chi connectivity index (χ0n) is 13.1. The standard InChI is InChI=1S/C16H23N3O2/c1-5-11(6-2)15(20)17-12-8-9-14-13(10-12)16(21-7-3)18-19(14)4/h8-11H,5-7H2,1-4H3,(H,17,20). The molecule has 0 fully saturated rings. The second kappa shape index (κ2) is 6.61. The Morgan fingerprint density at radius 1 is 1.33 bits per heavy atom. The van der Waals surface area contributed by atoms with Crippen LogP contribution in [0.3, 0.4) is 0 Å². The van der Waals surface area contributed by atoms with Crippen LogP contribution in [0.4, 0.5) is 5.69 Å². The third-order valence-electron chi connectivity index (χ3n) is 3.72. The number of nitrogens with one attached hydrogen (secondary N) is 1. The lowest BCUT2D eigenvalue weighted by Gasteiger charge is -2.12. The summed E-state index contributed by atoms with van der Waals surface area (Å²) in [4.78, 5) is 12.2. The maximum absolute atomic E-state index is 12.2. The largest absolute Gasteiger partial charge is 0.476 e. The van der Waals surface area contributed by atoms with Gasteiger partial charge in [0, 0.05) is 18.7 Å². The fourth-order valence-electron chi connectivity index (χ4n) is 2.46. The average molecular weight is 289 g/mol. The van der Waals surface area contributed by atoms with Gasteiger partial charge in [0.1, 0.15) is 0 Å². The van der Waals surface area contributed by atoms with E-state index in [4.69, 9.17) is 4.74 Å². The van der Waals surface area contributed by atoms with E-state index in [9.17, 15) is 4.79 Å². The summed E-state index contributed by atoms with van der Waals surface area (Å²) in [6.07, 6.45) is 1.70. The average Bonchev–Trinajstić information content (AvgIpc) is 2.77. The molecule has 1 N–H and O–H groups in total. The monoisotopic (exact) mass is 289 g/mol. The molecule has 0 aliphatic carbocycles. The van der Waals surface area contributed by atoms with Crippen molar-refractivity contribution in [2.24, 2.45) is 13.0 Å². The molecular formula is C16H23N3O2. The van der Waals surface area contributed by atoms with Crippen LogP contribution >= 0.6 is 0 Å². The minimum absolute atomic E-state index is 0.0564.